The SMILES string of the molecule is Cc1cc(Br)cnc1C#N.N#CCc1cc(Br)cnc1C#N.N#Cc1ncc(Br)cc1CBr.Nc1cc2cc(Br)cnc2c(Br)n1.Nc1cc2cc(Br)cnc2cn1. The molecule has 0 atom stereocenters. The van der Waals surface area contributed by atoms with Gasteiger partial charge in [-0.05, 0) is 151 Å². The van der Waals surface area contributed by atoms with Crippen LogP contribution in [-0.4, -0.2) is 34.9 Å². The number of pyridine rings is 7. The highest BCUT2D eigenvalue weighted by Crippen LogP contribution is 2.24. The van der Waals surface area contributed by atoms with Gasteiger partial charge in [0.1, 0.15) is 57.0 Å². The molecule has 0 spiro atoms. The molecule has 0 unspecified atom stereocenters. The zero-order chi connectivity index (χ0) is 42.8. The Morgan fingerprint density at radius 3 is 1.59 bits per heavy atom. The summed E-state index contributed by atoms with van der Waals surface area (Å²) < 4.78 is 5.13. The molecule has 7 aromatic heterocycles. The zero-order valence-electron chi connectivity index (χ0n) is 29.6. The number of nitrogen functional groups attached to an aromatic ring is 2. The number of anilines is 2. The molecule has 0 saturated carbocycles. The van der Waals surface area contributed by atoms with Gasteiger partial charge in [0.05, 0.1) is 24.2 Å². The Bertz CT molecular complexity index is 2680. The van der Waals surface area contributed by atoms with Crippen LogP contribution in [0.4, 0.5) is 11.6 Å². The van der Waals surface area contributed by atoms with Crippen LogP contribution in [0.1, 0.15) is 33.8 Å². The van der Waals surface area contributed by atoms with Crippen LogP contribution in [0.3, 0.4) is 0 Å². The summed E-state index contributed by atoms with van der Waals surface area (Å²) >= 11 is 23.0. The lowest BCUT2D eigenvalue weighted by Gasteiger charge is -2.00. The van der Waals surface area contributed by atoms with Crippen molar-refractivity contribution in [3.8, 4) is 24.3 Å². The van der Waals surface area contributed by atoms with Crippen molar-refractivity contribution in [2.24, 2.45) is 0 Å². The Kier molecular flexibility index (Phi) is 20.2. The second-order valence-electron chi connectivity index (χ2n) is 11.0. The van der Waals surface area contributed by atoms with Crippen LogP contribution >= 0.6 is 112 Å². The second kappa shape index (κ2) is 24.4. The molecule has 0 aliphatic carbocycles. The molecule has 0 radical (unpaired) electrons. The van der Waals surface area contributed by atoms with Crippen molar-refractivity contribution in [3.05, 3.63) is 140 Å². The number of aryl methyl sites for hydroxylation is 1. The minimum Gasteiger partial charge on any atom is -0.384 e. The number of halogens is 7. The average molecular weight is 1220 g/mol. The molecule has 0 aromatic carbocycles. The third-order valence-corrected chi connectivity index (χ3v) is 10.1. The van der Waals surface area contributed by atoms with Crippen LogP contribution in [-0.2, 0) is 11.8 Å². The number of nitriles is 4. The fourth-order valence-corrected chi connectivity index (χ4v) is 7.12. The molecule has 7 rings (SSSR count). The van der Waals surface area contributed by atoms with E-state index < -0.39 is 0 Å². The highest BCUT2D eigenvalue weighted by molar-refractivity contribution is 9.11. The minimum absolute atomic E-state index is 0.218. The molecule has 0 amide bonds. The highest BCUT2D eigenvalue weighted by atomic mass is 79.9. The van der Waals surface area contributed by atoms with Crippen LogP contribution in [0.25, 0.3) is 21.8 Å². The maximum atomic E-state index is 8.60. The molecular weight excluding hydrogens is 1200 g/mol. The van der Waals surface area contributed by atoms with Gasteiger partial charge in [0, 0.05) is 80.6 Å². The molecule has 13 nitrogen and oxygen atoms in total. The first-order valence-corrected chi connectivity index (χ1v) is 21.7. The van der Waals surface area contributed by atoms with E-state index in [-0.39, 0.29) is 6.42 Å². The van der Waals surface area contributed by atoms with E-state index in [1.807, 2.05) is 55.5 Å². The predicted molar refractivity (Wildman–Crippen MR) is 248 cm³/mol. The summed E-state index contributed by atoms with van der Waals surface area (Å²) in [4.78, 5) is 28.0. The summed E-state index contributed by atoms with van der Waals surface area (Å²) in [5.74, 6) is 1.00. The zero-order valence-corrected chi connectivity index (χ0v) is 40.7. The van der Waals surface area contributed by atoms with E-state index in [0.717, 1.165) is 55.3 Å². The lowest BCUT2D eigenvalue weighted by molar-refractivity contribution is 1.14. The van der Waals surface area contributed by atoms with E-state index in [1.54, 1.807) is 55.4 Å². The summed E-state index contributed by atoms with van der Waals surface area (Å²) in [7, 11) is 0. The third kappa shape index (κ3) is 15.3. The van der Waals surface area contributed by atoms with Crippen molar-refractivity contribution in [1.29, 1.82) is 21.0 Å². The van der Waals surface area contributed by atoms with Gasteiger partial charge in [-0.3, -0.25) is 9.97 Å². The van der Waals surface area contributed by atoms with E-state index in [2.05, 4.69) is 146 Å². The minimum atomic E-state index is 0.218. The molecular formula is C38H24Br7N13. The predicted octanol–water partition coefficient (Wildman–Crippen LogP) is 11.1. The lowest BCUT2D eigenvalue weighted by Crippen LogP contribution is -1.92. The van der Waals surface area contributed by atoms with Gasteiger partial charge in [0.15, 0.2) is 0 Å². The number of aromatic nitrogens is 7. The molecule has 4 N–H and O–H groups in total. The van der Waals surface area contributed by atoms with E-state index in [4.69, 9.17) is 32.5 Å². The van der Waals surface area contributed by atoms with Gasteiger partial charge in [0.25, 0.3) is 0 Å². The van der Waals surface area contributed by atoms with Crippen LogP contribution < -0.4 is 11.5 Å². The van der Waals surface area contributed by atoms with Gasteiger partial charge in [-0.25, -0.2) is 24.9 Å². The standard InChI is InChI=1S/C8H5Br2N3.C8H6BrN3.C8H4BrN3.C7H4Br2N2.C7H5BrN2/c9-5-1-4-2-6(11)13-8(10)7(4)12-3-5;9-6-1-5-2-8(10)12-4-7(5)11-3-6;9-7-3-6(1-2-10)8(4-11)12-5-7;8-2-5-1-6(9)4-11-7(5)3-10;1-5-2-6(8)4-10-7(5)3-9/h1-3H,(H2,11,13);1-4H,(H2,10,12);3,5H,1H2;1,4H,2H2;2,4H,1H3. The van der Waals surface area contributed by atoms with E-state index >= 15 is 0 Å². The Hall–Kier alpha value is -4.51. The molecule has 290 valence electrons. The van der Waals surface area contributed by atoms with Crippen molar-refractivity contribution >= 4 is 145 Å². The van der Waals surface area contributed by atoms with Gasteiger partial charge >= 0.3 is 0 Å². The van der Waals surface area contributed by atoms with Gasteiger partial charge < -0.3 is 11.5 Å². The molecule has 0 saturated heterocycles. The third-order valence-electron chi connectivity index (χ3n) is 6.81. The number of nitrogens with two attached hydrogens (primary N) is 2. The van der Waals surface area contributed by atoms with E-state index in [1.165, 1.54) is 0 Å². The molecule has 0 fully saturated rings. The first-order chi connectivity index (χ1) is 27.7. The molecule has 0 bridgehead atoms. The van der Waals surface area contributed by atoms with Crippen LogP contribution in [0.5, 0.6) is 0 Å². The van der Waals surface area contributed by atoms with E-state index in [0.29, 0.717) is 44.2 Å². The number of hydrogen-bond donors (Lipinski definition) is 2. The van der Waals surface area contributed by atoms with Crippen LogP contribution in [0, 0.1) is 52.2 Å². The number of fused-ring (bicyclic) bond motifs is 2. The highest BCUT2D eigenvalue weighted by Gasteiger charge is 2.05. The summed E-state index contributed by atoms with van der Waals surface area (Å²) in [6, 6.07) is 20.9. The average Bonchev–Trinajstić information content (AvgIpc) is 3.19. The van der Waals surface area contributed by atoms with Crippen molar-refractivity contribution in [1.82, 2.24) is 34.9 Å². The van der Waals surface area contributed by atoms with Gasteiger partial charge in [-0.1, -0.05) is 15.9 Å². The first-order valence-electron chi connectivity index (χ1n) is 15.8. The Morgan fingerprint density at radius 2 is 1.02 bits per heavy atom. The second-order valence-corrected chi connectivity index (χ2v) is 16.9. The summed E-state index contributed by atoms with van der Waals surface area (Å²) in [6.45, 7) is 1.86. The van der Waals surface area contributed by atoms with Crippen molar-refractivity contribution < 1.29 is 0 Å². The molecule has 0 aliphatic heterocycles. The van der Waals surface area contributed by atoms with Crippen LogP contribution in [0.15, 0.2) is 107 Å². The van der Waals surface area contributed by atoms with Crippen molar-refractivity contribution in [2.75, 3.05) is 11.5 Å². The number of rotatable bonds is 2. The van der Waals surface area contributed by atoms with Crippen molar-refractivity contribution in [3.63, 3.8) is 0 Å². The molecule has 7 aromatic rings. The van der Waals surface area contributed by atoms with Crippen molar-refractivity contribution in [2.45, 2.75) is 18.7 Å². The fourth-order valence-electron chi connectivity index (χ4n) is 4.26. The quantitative estimate of drug-likeness (QED) is 0.121. The van der Waals surface area contributed by atoms with Gasteiger partial charge in [-0.2, -0.15) is 21.0 Å². The number of nitrogens with zero attached hydrogens (tertiary/aromatic N) is 11. The molecule has 20 heteroatoms. The topological polar surface area (TPSA) is 237 Å². The first kappa shape index (κ1) is 47.9. The smallest absolute Gasteiger partial charge is 0.144 e. The van der Waals surface area contributed by atoms with Gasteiger partial charge in [0.2, 0.25) is 0 Å². The molecule has 7 heterocycles. The summed E-state index contributed by atoms with van der Waals surface area (Å²) in [6.07, 6.45) is 10.1. The Balaban J connectivity index is 0.000000195. The maximum Gasteiger partial charge on any atom is 0.144 e. The lowest BCUT2D eigenvalue weighted by atomic mass is 10.1. The van der Waals surface area contributed by atoms with Crippen LogP contribution in [0.2, 0.25) is 0 Å². The fraction of sp³-hybridized carbons (Fsp3) is 0.0789. The van der Waals surface area contributed by atoms with Gasteiger partial charge in [-0.15, -0.1) is 0 Å². The summed E-state index contributed by atoms with van der Waals surface area (Å²) in [5, 5.41) is 36.7. The normalized spacial score (nSPS) is 9.59. The largest absolute Gasteiger partial charge is 0.384 e. The Morgan fingerprint density at radius 1 is 0.534 bits per heavy atom. The number of hydrogen-bond acceptors (Lipinski definition) is 13. The monoisotopic (exact) mass is 1210 g/mol. The molecule has 0 aliphatic rings. The number of alkyl halides is 1. The summed E-state index contributed by atoms with van der Waals surface area (Å²) in [5.41, 5.74) is 16.5. The maximum absolute atomic E-state index is 8.60. The molecule has 58 heavy (non-hydrogen) atoms. The van der Waals surface area contributed by atoms with E-state index in [9.17, 15) is 0 Å². The Labute approximate surface area is 391 Å².